The number of carbonyl (C=O) groups is 1. The minimum absolute atomic E-state index is 0.0274. The van der Waals surface area contributed by atoms with Gasteiger partial charge in [-0.05, 0) is 37.3 Å². The van der Waals surface area contributed by atoms with Gasteiger partial charge in [0.1, 0.15) is 5.82 Å². The Hall–Kier alpha value is -3.76. The molecule has 0 bridgehead atoms. The summed E-state index contributed by atoms with van der Waals surface area (Å²) >= 11 is 0. The van der Waals surface area contributed by atoms with Gasteiger partial charge in [-0.15, -0.1) is 5.10 Å². The van der Waals surface area contributed by atoms with Gasteiger partial charge in [0.15, 0.2) is 5.69 Å². The van der Waals surface area contributed by atoms with Gasteiger partial charge in [-0.1, -0.05) is 0 Å². The molecule has 3 heterocycles. The van der Waals surface area contributed by atoms with Crippen LogP contribution >= 0.6 is 0 Å². The Morgan fingerprint density at radius 2 is 1.94 bits per heavy atom. The second-order valence-electron chi connectivity index (χ2n) is 6.99. The third-order valence-electron chi connectivity index (χ3n) is 4.99. The number of hydrogen-bond donors (Lipinski definition) is 1. The van der Waals surface area contributed by atoms with Gasteiger partial charge >= 0.3 is 6.18 Å². The van der Waals surface area contributed by atoms with Crippen LogP contribution in [0.3, 0.4) is 0 Å². The summed E-state index contributed by atoms with van der Waals surface area (Å²) in [5.41, 5.74) is 6.97. The van der Waals surface area contributed by atoms with Crippen LogP contribution in [-0.4, -0.2) is 42.3 Å². The molecule has 4 aromatic rings. The molecule has 0 unspecified atom stereocenters. The first-order valence-corrected chi connectivity index (χ1v) is 9.39. The molecule has 4 rings (SSSR count). The van der Waals surface area contributed by atoms with E-state index in [9.17, 15) is 18.0 Å². The summed E-state index contributed by atoms with van der Waals surface area (Å²) in [6.45, 7) is 2.14. The van der Waals surface area contributed by atoms with Gasteiger partial charge in [0, 0.05) is 24.5 Å². The van der Waals surface area contributed by atoms with Crippen LogP contribution in [0.25, 0.3) is 21.8 Å². The fourth-order valence-electron chi connectivity index (χ4n) is 3.39. The monoisotopic (exact) mass is 429 g/mol. The lowest BCUT2D eigenvalue weighted by atomic mass is 10.1. The van der Waals surface area contributed by atoms with Crippen LogP contribution in [0.1, 0.15) is 28.7 Å². The fraction of sp³-hybridized carbons (Fsp3) is 0.250. The zero-order chi connectivity index (χ0) is 22.3. The highest BCUT2D eigenvalue weighted by molar-refractivity contribution is 6.10. The number of amides is 1. The zero-order valence-corrected chi connectivity index (χ0v) is 16.7. The molecule has 0 fully saturated rings. The second kappa shape index (κ2) is 7.49. The molecule has 0 saturated carbocycles. The summed E-state index contributed by atoms with van der Waals surface area (Å²) in [5.74, 6) is 0.0592. The van der Waals surface area contributed by atoms with Crippen molar-refractivity contribution in [3.05, 3.63) is 53.5 Å². The molecule has 0 saturated heterocycles. The Morgan fingerprint density at radius 3 is 2.58 bits per heavy atom. The van der Waals surface area contributed by atoms with E-state index in [0.29, 0.717) is 28.8 Å². The number of anilines is 1. The van der Waals surface area contributed by atoms with E-state index in [1.807, 2.05) is 0 Å². The van der Waals surface area contributed by atoms with Crippen molar-refractivity contribution in [1.29, 1.82) is 0 Å². The number of aryl methyl sites for hydroxylation is 1. The normalized spacial score (nSPS) is 11.9. The molecule has 0 aliphatic rings. The van der Waals surface area contributed by atoms with Crippen molar-refractivity contribution < 1.29 is 18.0 Å². The van der Waals surface area contributed by atoms with Crippen molar-refractivity contribution in [2.45, 2.75) is 19.6 Å². The first-order valence-electron chi connectivity index (χ1n) is 9.39. The number of fused-ring (bicyclic) bond motifs is 3. The van der Waals surface area contributed by atoms with E-state index in [0.717, 1.165) is 17.0 Å². The molecular formula is C20H18F3N7O. The molecule has 3 aromatic heterocycles. The maximum atomic E-state index is 13.1. The summed E-state index contributed by atoms with van der Waals surface area (Å²) < 4.78 is 39.7. The zero-order valence-electron chi connectivity index (χ0n) is 16.7. The molecule has 0 atom stereocenters. The van der Waals surface area contributed by atoms with Crippen molar-refractivity contribution in [1.82, 2.24) is 29.9 Å². The predicted molar refractivity (Wildman–Crippen MR) is 108 cm³/mol. The summed E-state index contributed by atoms with van der Waals surface area (Å²) in [7, 11) is 1.78. The number of aromatic nitrogens is 5. The van der Waals surface area contributed by atoms with Crippen molar-refractivity contribution in [2.75, 3.05) is 12.3 Å². The molecule has 1 aromatic carbocycles. The van der Waals surface area contributed by atoms with Crippen LogP contribution in [0.4, 0.5) is 19.0 Å². The lowest BCUT2D eigenvalue weighted by Gasteiger charge is -2.21. The number of carbonyl (C=O) groups excluding carboxylic acids is 1. The molecule has 11 heteroatoms. The van der Waals surface area contributed by atoms with Crippen LogP contribution in [-0.2, 0) is 19.8 Å². The molecule has 0 spiro atoms. The maximum absolute atomic E-state index is 13.1. The van der Waals surface area contributed by atoms with Gasteiger partial charge in [0.25, 0.3) is 5.91 Å². The van der Waals surface area contributed by atoms with Crippen LogP contribution in [0.15, 0.2) is 36.5 Å². The molecule has 1 amide bonds. The van der Waals surface area contributed by atoms with Crippen molar-refractivity contribution in [3.63, 3.8) is 0 Å². The molecule has 2 N–H and O–H groups in total. The van der Waals surface area contributed by atoms with Crippen LogP contribution in [0.2, 0.25) is 0 Å². The topological polar surface area (TPSA) is 103 Å². The minimum Gasteiger partial charge on any atom is -0.383 e. The minimum atomic E-state index is -4.56. The number of rotatable bonds is 4. The molecule has 0 aliphatic heterocycles. The number of nitrogen functional groups attached to an aromatic ring is 1. The Kier molecular flexibility index (Phi) is 4.96. The van der Waals surface area contributed by atoms with Gasteiger partial charge in [-0.25, -0.2) is 4.98 Å². The van der Waals surface area contributed by atoms with Gasteiger partial charge < -0.3 is 10.6 Å². The average Bonchev–Trinajstić information content (AvgIpc) is 3.13. The largest absolute Gasteiger partial charge is 0.435 e. The van der Waals surface area contributed by atoms with Crippen molar-refractivity contribution in [2.24, 2.45) is 7.05 Å². The first-order chi connectivity index (χ1) is 14.7. The van der Waals surface area contributed by atoms with E-state index in [1.165, 1.54) is 11.0 Å². The van der Waals surface area contributed by atoms with Crippen LogP contribution in [0, 0.1) is 0 Å². The Morgan fingerprint density at radius 1 is 1.16 bits per heavy atom. The summed E-state index contributed by atoms with van der Waals surface area (Å²) in [6, 6.07) is 7.14. The number of benzene rings is 1. The number of halogens is 3. The number of nitrogens with two attached hydrogens (primary N) is 1. The smallest absolute Gasteiger partial charge is 0.383 e. The summed E-state index contributed by atoms with van der Waals surface area (Å²) in [4.78, 5) is 19.0. The van der Waals surface area contributed by atoms with Gasteiger partial charge in [0.2, 0.25) is 0 Å². The summed E-state index contributed by atoms with van der Waals surface area (Å²) in [5, 5.41) is 12.5. The SMILES string of the molecule is CCN(Cc1ccc(C(F)(F)F)nn1)C(=O)c1ccc2nc(N)c3cnn(C)c3c2c1. The van der Waals surface area contributed by atoms with E-state index in [4.69, 9.17) is 5.73 Å². The highest BCUT2D eigenvalue weighted by Crippen LogP contribution is 2.29. The molecule has 160 valence electrons. The Bertz CT molecular complexity index is 1280. The molecule has 0 radical (unpaired) electrons. The van der Waals surface area contributed by atoms with Crippen molar-refractivity contribution >= 4 is 33.5 Å². The second-order valence-corrected chi connectivity index (χ2v) is 6.99. The molecular weight excluding hydrogens is 411 g/mol. The Labute approximate surface area is 174 Å². The molecule has 31 heavy (non-hydrogen) atoms. The van der Waals surface area contributed by atoms with Gasteiger partial charge in [-0.3, -0.25) is 9.48 Å². The van der Waals surface area contributed by atoms with E-state index in [2.05, 4.69) is 20.3 Å². The van der Waals surface area contributed by atoms with E-state index < -0.39 is 11.9 Å². The molecule has 0 aliphatic carbocycles. The first kappa shape index (κ1) is 20.5. The summed E-state index contributed by atoms with van der Waals surface area (Å²) in [6.07, 6.45) is -2.95. The van der Waals surface area contributed by atoms with Gasteiger partial charge in [0.05, 0.1) is 34.9 Å². The van der Waals surface area contributed by atoms with E-state index in [1.54, 1.807) is 43.0 Å². The lowest BCUT2D eigenvalue weighted by Crippen LogP contribution is -2.30. The highest BCUT2D eigenvalue weighted by Gasteiger charge is 2.33. The van der Waals surface area contributed by atoms with E-state index in [-0.39, 0.29) is 18.1 Å². The standard InChI is InChI=1S/C20H18F3N7O/c1-3-30(10-12-5-7-16(28-27-12)20(21,22)23)19(31)11-4-6-15-13(8-11)17-14(18(24)26-15)9-25-29(17)2/h4-9H,3,10H2,1-2H3,(H2,24,26). The third kappa shape index (κ3) is 3.74. The van der Waals surface area contributed by atoms with Gasteiger partial charge in [-0.2, -0.15) is 23.4 Å². The van der Waals surface area contributed by atoms with E-state index >= 15 is 0 Å². The maximum Gasteiger partial charge on any atom is 0.435 e. The average molecular weight is 429 g/mol. The number of nitrogens with zero attached hydrogens (tertiary/aromatic N) is 6. The fourth-order valence-corrected chi connectivity index (χ4v) is 3.39. The quantitative estimate of drug-likeness (QED) is 0.535. The Balaban J connectivity index is 1.66. The van der Waals surface area contributed by atoms with Crippen LogP contribution in [0.5, 0.6) is 0 Å². The number of alkyl halides is 3. The van der Waals surface area contributed by atoms with Crippen LogP contribution < -0.4 is 5.73 Å². The third-order valence-corrected chi connectivity index (χ3v) is 4.99. The molecule has 8 nitrogen and oxygen atoms in total. The predicted octanol–water partition coefficient (Wildman–Crippen LogP) is 3.17. The number of pyridine rings is 1. The number of hydrogen-bond acceptors (Lipinski definition) is 6. The lowest BCUT2D eigenvalue weighted by molar-refractivity contribution is -0.141. The highest BCUT2D eigenvalue weighted by atomic mass is 19.4. The van der Waals surface area contributed by atoms with Crippen molar-refractivity contribution in [3.8, 4) is 0 Å².